The minimum absolute atomic E-state index is 0.878. The van der Waals surface area contributed by atoms with Crippen LogP contribution in [0, 0.1) is 0 Å². The fourth-order valence-corrected chi connectivity index (χ4v) is 9.71. The van der Waals surface area contributed by atoms with E-state index >= 15 is 0 Å². The Bertz CT molecular complexity index is 157. The molecular weight excluding hydrogens is 371 g/mol. The van der Waals surface area contributed by atoms with Crippen molar-refractivity contribution >= 4 is 54.8 Å². The Kier molecular flexibility index (Phi) is 9.02. The van der Waals surface area contributed by atoms with Gasteiger partial charge in [-0.1, -0.05) is 0 Å². The second kappa shape index (κ2) is 8.36. The molecule has 0 unspecified atom stereocenters. The van der Waals surface area contributed by atoms with Crippen molar-refractivity contribution in [2.24, 2.45) is 0 Å². The second-order valence-corrected chi connectivity index (χ2v) is 11.6. The zero-order valence-electron chi connectivity index (χ0n) is 5.55. The predicted octanol–water partition coefficient (Wildman–Crippen LogP) is 2.32. The fraction of sp³-hybridized carbons (Fsp3) is 0. The van der Waals surface area contributed by atoms with E-state index in [0.717, 1.165) is 0 Å². The molecule has 0 spiro atoms. The van der Waals surface area contributed by atoms with Crippen molar-refractivity contribution in [1.29, 1.82) is 0 Å². The minimum atomic E-state index is -4.86. The van der Waals surface area contributed by atoms with Gasteiger partial charge in [-0.3, -0.25) is 0 Å². The van der Waals surface area contributed by atoms with Gasteiger partial charge in [0.05, 0.1) is 0 Å². The quantitative estimate of drug-likeness (QED) is 0.473. The normalized spacial score (nSPS) is 16.6. The Morgan fingerprint density at radius 2 is 0.846 bits per heavy atom. The fourth-order valence-electron chi connectivity index (χ4n) is 0.283. The first kappa shape index (κ1) is 14.0. The van der Waals surface area contributed by atoms with E-state index in [4.69, 9.17) is 0 Å². The molecule has 13 heavy (non-hydrogen) atoms. The summed E-state index contributed by atoms with van der Waals surface area (Å²) in [5, 5.41) is 0. The van der Waals surface area contributed by atoms with Crippen LogP contribution in [0.3, 0.4) is 0 Å². The SMILES string of the molecule is O=P[O][Sn]([O]P=O)([O]P=O)[O]P=O. The van der Waals surface area contributed by atoms with Gasteiger partial charge in [0.15, 0.2) is 0 Å². The molecule has 0 heterocycles. The molecule has 0 N–H and O–H groups in total. The third-order valence-electron chi connectivity index (χ3n) is 0.596. The van der Waals surface area contributed by atoms with E-state index in [0.29, 0.717) is 0 Å². The van der Waals surface area contributed by atoms with Gasteiger partial charge < -0.3 is 0 Å². The maximum absolute atomic E-state index is 10.0. The van der Waals surface area contributed by atoms with Gasteiger partial charge in [0.1, 0.15) is 0 Å². The molecule has 0 bridgehead atoms. The summed E-state index contributed by atoms with van der Waals surface area (Å²) in [5.74, 6) is 0. The molecular formula is O8P4Sn. The van der Waals surface area contributed by atoms with E-state index in [1.165, 1.54) is 0 Å². The number of hydrogen-bond donors (Lipinski definition) is 0. The molecule has 0 aromatic carbocycles. The van der Waals surface area contributed by atoms with Crippen LogP contribution in [0.4, 0.5) is 0 Å². The number of rotatable bonds is 8. The van der Waals surface area contributed by atoms with E-state index in [9.17, 15) is 18.3 Å². The first-order chi connectivity index (χ1) is 6.24. The Hall–Kier alpha value is 1.04. The average Bonchev–Trinajstić information content (AvgIpc) is 2.06. The molecule has 72 valence electrons. The number of hydrogen-bond acceptors (Lipinski definition) is 8. The van der Waals surface area contributed by atoms with Gasteiger partial charge in [-0.2, -0.15) is 0 Å². The Morgan fingerprint density at radius 3 is 1.00 bits per heavy atom. The monoisotopic (exact) mass is 372 g/mol. The van der Waals surface area contributed by atoms with Crippen molar-refractivity contribution in [3.63, 3.8) is 0 Å². The molecule has 0 fully saturated rings. The Balaban J connectivity index is 4.53. The Morgan fingerprint density at radius 1 is 0.615 bits per heavy atom. The molecule has 0 aliphatic heterocycles. The van der Waals surface area contributed by atoms with Crippen molar-refractivity contribution in [2.45, 2.75) is 0 Å². The van der Waals surface area contributed by atoms with Crippen molar-refractivity contribution < 1.29 is 29.7 Å². The molecule has 0 saturated carbocycles. The van der Waals surface area contributed by atoms with Gasteiger partial charge in [0.25, 0.3) is 0 Å². The summed E-state index contributed by atoms with van der Waals surface area (Å²) in [7, 11) is -3.51. The first-order valence-electron chi connectivity index (χ1n) is 2.28. The zero-order valence-corrected chi connectivity index (χ0v) is 12.0. The summed E-state index contributed by atoms with van der Waals surface area (Å²) in [4.78, 5) is 0. The van der Waals surface area contributed by atoms with E-state index in [-0.39, 0.29) is 0 Å². The molecule has 0 aliphatic rings. The van der Waals surface area contributed by atoms with Crippen LogP contribution >= 0.6 is 34.7 Å². The van der Waals surface area contributed by atoms with Crippen LogP contribution in [0.15, 0.2) is 0 Å². The van der Waals surface area contributed by atoms with Crippen molar-refractivity contribution in [3.8, 4) is 0 Å². The van der Waals surface area contributed by atoms with Crippen LogP contribution in [-0.2, 0) is 29.7 Å². The third-order valence-corrected chi connectivity index (χ3v) is 12.0. The van der Waals surface area contributed by atoms with Gasteiger partial charge in [0.2, 0.25) is 0 Å². The van der Waals surface area contributed by atoms with Crippen LogP contribution in [-0.4, -0.2) is 20.0 Å². The first-order valence-corrected chi connectivity index (χ1v) is 9.86. The summed E-state index contributed by atoms with van der Waals surface area (Å²) < 4.78 is 57.2. The van der Waals surface area contributed by atoms with E-state index in [2.05, 4.69) is 11.4 Å². The molecule has 0 amide bonds. The third kappa shape index (κ3) is 5.47. The maximum atomic E-state index is 10.0. The molecule has 8 nitrogen and oxygen atoms in total. The summed E-state index contributed by atoms with van der Waals surface area (Å²) in [6.45, 7) is 0. The van der Waals surface area contributed by atoms with Gasteiger partial charge in [-0.15, -0.1) is 0 Å². The molecule has 0 aromatic heterocycles. The molecule has 0 rings (SSSR count). The van der Waals surface area contributed by atoms with E-state index < -0.39 is 54.8 Å². The van der Waals surface area contributed by atoms with Gasteiger partial charge in [0, 0.05) is 0 Å². The molecule has 0 aromatic rings. The van der Waals surface area contributed by atoms with Gasteiger partial charge in [-0.25, -0.2) is 0 Å². The van der Waals surface area contributed by atoms with Crippen LogP contribution in [0.5, 0.6) is 0 Å². The molecule has 13 heteroatoms. The summed E-state index contributed by atoms with van der Waals surface area (Å²) in [6.07, 6.45) is 0. The van der Waals surface area contributed by atoms with E-state index in [1.54, 1.807) is 0 Å². The second-order valence-electron chi connectivity index (χ2n) is 1.16. The van der Waals surface area contributed by atoms with Crippen LogP contribution in [0.25, 0.3) is 0 Å². The Labute approximate surface area is 84.5 Å². The predicted molar refractivity (Wildman–Crippen MR) is 40.5 cm³/mol. The summed E-state index contributed by atoms with van der Waals surface area (Å²) >= 11 is -4.86. The van der Waals surface area contributed by atoms with Crippen LogP contribution in [0.2, 0.25) is 0 Å². The van der Waals surface area contributed by atoms with Crippen molar-refractivity contribution in [3.05, 3.63) is 0 Å². The topological polar surface area (TPSA) is 105 Å². The van der Waals surface area contributed by atoms with Crippen LogP contribution < -0.4 is 0 Å². The molecule has 0 saturated heterocycles. The standard InChI is InChI=1S/4HO2P.Sn/c4*1-3-2;/h4*(H,1,2);/q;;;;+4/p-4. The van der Waals surface area contributed by atoms with Crippen LogP contribution in [0.1, 0.15) is 0 Å². The van der Waals surface area contributed by atoms with Crippen molar-refractivity contribution in [1.82, 2.24) is 0 Å². The average molecular weight is 371 g/mol. The molecule has 0 atom stereocenters. The summed E-state index contributed by atoms with van der Waals surface area (Å²) in [6, 6.07) is 0. The van der Waals surface area contributed by atoms with Gasteiger partial charge in [-0.05, 0) is 0 Å². The molecule has 0 aliphatic carbocycles. The summed E-state index contributed by atoms with van der Waals surface area (Å²) in [5.41, 5.74) is 0. The zero-order chi connectivity index (χ0) is 10.2. The van der Waals surface area contributed by atoms with Gasteiger partial charge >= 0.3 is 84.5 Å². The molecule has 0 radical (unpaired) electrons. The van der Waals surface area contributed by atoms with E-state index in [1.807, 2.05) is 0 Å². The van der Waals surface area contributed by atoms with Crippen molar-refractivity contribution in [2.75, 3.05) is 0 Å².